The van der Waals surface area contributed by atoms with E-state index in [0.717, 1.165) is 5.56 Å². The number of amides is 1. The van der Waals surface area contributed by atoms with Crippen molar-refractivity contribution >= 4 is 24.2 Å². The lowest BCUT2D eigenvalue weighted by atomic mass is 9.69. The molecule has 0 spiro atoms. The lowest BCUT2D eigenvalue weighted by Gasteiger charge is -2.32. The van der Waals surface area contributed by atoms with Crippen molar-refractivity contribution in [3.8, 4) is 17.6 Å². The third-order valence-electron chi connectivity index (χ3n) is 6.42. The zero-order valence-electron chi connectivity index (χ0n) is 20.5. The van der Waals surface area contributed by atoms with E-state index >= 15 is 0 Å². The maximum absolute atomic E-state index is 12.9. The van der Waals surface area contributed by atoms with E-state index in [9.17, 15) is 10.1 Å². The number of carbonyl (C=O) groups is 1. The first-order valence-electron chi connectivity index (χ1n) is 10.8. The average Bonchev–Trinajstić information content (AvgIpc) is 2.99. The highest BCUT2D eigenvalue weighted by molar-refractivity contribution is 6.63. The molecular weight excluding hydrogens is 419 g/mol. The molecule has 0 bridgehead atoms. The summed E-state index contributed by atoms with van der Waals surface area (Å²) in [6.07, 6.45) is 0. The number of nitrogens with zero attached hydrogens (tertiary/aromatic N) is 1. The Labute approximate surface area is 196 Å². The molecule has 1 aliphatic heterocycles. The van der Waals surface area contributed by atoms with E-state index in [1.54, 1.807) is 31.4 Å². The highest BCUT2D eigenvalue weighted by Crippen LogP contribution is 2.38. The Bertz CT molecular complexity index is 1090. The Morgan fingerprint density at radius 1 is 1.00 bits per heavy atom. The molecule has 1 heterocycles. The lowest BCUT2D eigenvalue weighted by molar-refractivity contribution is 0.00578. The lowest BCUT2D eigenvalue weighted by Crippen LogP contribution is -2.41. The van der Waals surface area contributed by atoms with Crippen molar-refractivity contribution in [2.75, 3.05) is 19.5 Å². The minimum atomic E-state index is -0.773. The van der Waals surface area contributed by atoms with Crippen LogP contribution in [0.2, 0.25) is 0 Å². The number of hydrogen-bond donors (Lipinski definition) is 1. The SMILES string of the molecule is COc1ccc(C(=O)Nc2ccc(C(C)(C)C#N)c(B3OC(C)(C)C(C)(C)O3)c2)cc1OC. The maximum atomic E-state index is 12.9. The van der Waals surface area contributed by atoms with Crippen molar-refractivity contribution < 1.29 is 23.6 Å². The molecule has 8 heteroatoms. The van der Waals surface area contributed by atoms with Crippen LogP contribution < -0.4 is 20.3 Å². The van der Waals surface area contributed by atoms with Gasteiger partial charge in [-0.25, -0.2) is 0 Å². The predicted molar refractivity (Wildman–Crippen MR) is 128 cm³/mol. The molecule has 174 valence electrons. The molecule has 1 N–H and O–H groups in total. The highest BCUT2D eigenvalue weighted by atomic mass is 16.7. The minimum absolute atomic E-state index is 0.303. The second-order valence-electron chi connectivity index (χ2n) is 9.65. The van der Waals surface area contributed by atoms with Crippen LogP contribution in [0.4, 0.5) is 5.69 Å². The van der Waals surface area contributed by atoms with Crippen LogP contribution in [0.15, 0.2) is 36.4 Å². The second-order valence-corrected chi connectivity index (χ2v) is 9.65. The summed E-state index contributed by atoms with van der Waals surface area (Å²) >= 11 is 0. The van der Waals surface area contributed by atoms with Crippen LogP contribution in [0.1, 0.15) is 57.5 Å². The van der Waals surface area contributed by atoms with E-state index in [1.807, 2.05) is 53.7 Å². The molecule has 3 rings (SSSR count). The summed E-state index contributed by atoms with van der Waals surface area (Å²) in [6, 6.07) is 12.8. The molecule has 1 fully saturated rings. The number of rotatable bonds is 6. The van der Waals surface area contributed by atoms with Gasteiger partial charge in [0.1, 0.15) is 0 Å². The summed E-state index contributed by atoms with van der Waals surface area (Å²) in [5.74, 6) is 0.706. The predicted octanol–water partition coefficient (Wildman–Crippen LogP) is 4.06. The van der Waals surface area contributed by atoms with E-state index in [4.69, 9.17) is 18.8 Å². The van der Waals surface area contributed by atoms with Crippen LogP contribution >= 0.6 is 0 Å². The van der Waals surface area contributed by atoms with Gasteiger partial charge in [-0.05, 0) is 82.9 Å². The summed E-state index contributed by atoms with van der Waals surface area (Å²) < 4.78 is 23.1. The van der Waals surface area contributed by atoms with Crippen molar-refractivity contribution in [1.82, 2.24) is 0 Å². The number of nitriles is 1. The van der Waals surface area contributed by atoms with Gasteiger partial charge in [-0.1, -0.05) is 6.07 Å². The molecule has 0 unspecified atom stereocenters. The number of anilines is 1. The fourth-order valence-electron chi connectivity index (χ4n) is 3.62. The topological polar surface area (TPSA) is 89.8 Å². The standard InChI is InChI=1S/C25H31BN2O5/c1-23(2,15-27)18-11-10-17(14-19(18)26-32-24(3,4)25(5,6)33-26)28-22(29)16-9-12-20(30-7)21(13-16)31-8/h9-14H,1-8H3,(H,28,29). The normalized spacial score (nSPS) is 16.8. The van der Waals surface area contributed by atoms with E-state index < -0.39 is 23.7 Å². The van der Waals surface area contributed by atoms with Crippen LogP contribution in [-0.2, 0) is 14.7 Å². The van der Waals surface area contributed by atoms with Crippen molar-refractivity contribution in [3.63, 3.8) is 0 Å². The first-order valence-corrected chi connectivity index (χ1v) is 10.8. The molecule has 0 saturated carbocycles. The summed E-state index contributed by atoms with van der Waals surface area (Å²) in [7, 11) is 2.39. The van der Waals surface area contributed by atoms with Crippen LogP contribution in [0.3, 0.4) is 0 Å². The van der Waals surface area contributed by atoms with Gasteiger partial charge >= 0.3 is 7.12 Å². The Balaban J connectivity index is 1.97. The number of hydrogen-bond acceptors (Lipinski definition) is 6. The number of ether oxygens (including phenoxy) is 2. The molecule has 0 aliphatic carbocycles. The summed E-state index contributed by atoms with van der Waals surface area (Å²) in [5.41, 5.74) is 0.640. The Morgan fingerprint density at radius 2 is 1.61 bits per heavy atom. The average molecular weight is 450 g/mol. The monoisotopic (exact) mass is 450 g/mol. The maximum Gasteiger partial charge on any atom is 0.495 e. The Morgan fingerprint density at radius 3 is 2.15 bits per heavy atom. The van der Waals surface area contributed by atoms with Crippen LogP contribution in [0, 0.1) is 11.3 Å². The zero-order valence-corrected chi connectivity index (χ0v) is 20.5. The third-order valence-corrected chi connectivity index (χ3v) is 6.42. The quantitative estimate of drug-likeness (QED) is 0.668. The van der Waals surface area contributed by atoms with Crippen molar-refractivity contribution in [3.05, 3.63) is 47.5 Å². The van der Waals surface area contributed by atoms with E-state index in [0.29, 0.717) is 28.2 Å². The van der Waals surface area contributed by atoms with Crippen LogP contribution in [0.5, 0.6) is 11.5 Å². The molecule has 2 aromatic carbocycles. The first kappa shape index (κ1) is 24.6. The fraction of sp³-hybridized carbons (Fsp3) is 0.440. The highest BCUT2D eigenvalue weighted by Gasteiger charge is 2.52. The van der Waals surface area contributed by atoms with Gasteiger partial charge in [-0.15, -0.1) is 0 Å². The van der Waals surface area contributed by atoms with Crippen molar-refractivity contribution in [2.24, 2.45) is 0 Å². The van der Waals surface area contributed by atoms with Gasteiger partial charge in [-0.3, -0.25) is 4.79 Å². The molecule has 0 aromatic heterocycles. The van der Waals surface area contributed by atoms with Crippen molar-refractivity contribution in [2.45, 2.75) is 58.2 Å². The Kier molecular flexibility index (Phi) is 6.52. The minimum Gasteiger partial charge on any atom is -0.493 e. The fourth-order valence-corrected chi connectivity index (χ4v) is 3.62. The van der Waals surface area contributed by atoms with E-state index in [-0.39, 0.29) is 5.91 Å². The number of benzene rings is 2. The third kappa shape index (κ3) is 4.70. The van der Waals surface area contributed by atoms with Crippen molar-refractivity contribution in [1.29, 1.82) is 5.26 Å². The molecule has 1 aliphatic rings. The Hall–Kier alpha value is -3.02. The van der Waals surface area contributed by atoms with Gasteiger partial charge in [0.2, 0.25) is 0 Å². The molecule has 1 amide bonds. The van der Waals surface area contributed by atoms with Gasteiger partial charge in [0.15, 0.2) is 11.5 Å². The second kappa shape index (κ2) is 8.73. The van der Waals surface area contributed by atoms with E-state index in [2.05, 4.69) is 11.4 Å². The van der Waals surface area contributed by atoms with Crippen LogP contribution in [-0.4, -0.2) is 38.4 Å². The first-order chi connectivity index (χ1) is 15.3. The van der Waals surface area contributed by atoms with Gasteiger partial charge in [-0.2, -0.15) is 5.26 Å². The zero-order chi connectivity index (χ0) is 24.6. The molecule has 1 saturated heterocycles. The molecule has 33 heavy (non-hydrogen) atoms. The van der Waals surface area contributed by atoms with Gasteiger partial charge in [0.25, 0.3) is 5.91 Å². The largest absolute Gasteiger partial charge is 0.495 e. The molecular formula is C25H31BN2O5. The van der Waals surface area contributed by atoms with Crippen LogP contribution in [0.25, 0.3) is 0 Å². The molecule has 0 atom stereocenters. The molecule has 0 radical (unpaired) electrons. The van der Waals surface area contributed by atoms with Gasteiger partial charge in [0.05, 0.1) is 36.9 Å². The smallest absolute Gasteiger partial charge is 0.493 e. The molecule has 2 aromatic rings. The summed E-state index contributed by atoms with van der Waals surface area (Å²) in [6.45, 7) is 11.6. The summed E-state index contributed by atoms with van der Waals surface area (Å²) in [5, 5.41) is 12.7. The summed E-state index contributed by atoms with van der Waals surface area (Å²) in [4.78, 5) is 12.9. The van der Waals surface area contributed by atoms with Gasteiger partial charge < -0.3 is 24.1 Å². The van der Waals surface area contributed by atoms with E-state index in [1.165, 1.54) is 7.11 Å². The van der Waals surface area contributed by atoms with Gasteiger partial charge in [0, 0.05) is 11.3 Å². The number of carbonyl (C=O) groups excluding carboxylic acids is 1. The number of methoxy groups -OCH3 is 2. The molecule has 7 nitrogen and oxygen atoms in total. The number of nitrogens with one attached hydrogen (secondary N) is 1.